The van der Waals surface area contributed by atoms with E-state index in [2.05, 4.69) is 20.3 Å². The number of halogens is 3. The van der Waals surface area contributed by atoms with Crippen molar-refractivity contribution in [3.63, 3.8) is 0 Å². The van der Waals surface area contributed by atoms with Crippen LogP contribution in [0.5, 0.6) is 0 Å². The third-order valence-corrected chi connectivity index (χ3v) is 4.99. The largest absolute Gasteiger partial charge is 0.416 e. The molecule has 0 bridgehead atoms. The second-order valence-corrected chi connectivity index (χ2v) is 6.89. The van der Waals surface area contributed by atoms with Crippen molar-refractivity contribution < 1.29 is 18.0 Å². The molecule has 0 aliphatic carbocycles. The average Bonchev–Trinajstić information content (AvgIpc) is 3.21. The number of amides is 1. The minimum atomic E-state index is -4.37. The molecule has 5 nitrogen and oxygen atoms in total. The highest BCUT2D eigenvalue weighted by Crippen LogP contribution is 2.34. The summed E-state index contributed by atoms with van der Waals surface area (Å²) in [5.41, 5.74) is 1.05. The molecule has 8 heteroatoms. The summed E-state index contributed by atoms with van der Waals surface area (Å²) >= 11 is 0. The molecule has 4 rings (SSSR count). The predicted molar refractivity (Wildman–Crippen MR) is 93.3 cm³/mol. The summed E-state index contributed by atoms with van der Waals surface area (Å²) in [5, 5.41) is 2.81. The molecule has 1 saturated heterocycles. The number of carbonyl (C=O) groups is 1. The highest BCUT2D eigenvalue weighted by atomic mass is 19.4. The van der Waals surface area contributed by atoms with Crippen LogP contribution in [0, 0.1) is 6.92 Å². The fraction of sp³-hybridized carbons (Fsp3) is 0.368. The molecule has 0 saturated carbocycles. The van der Waals surface area contributed by atoms with Crippen molar-refractivity contribution in [3.8, 4) is 11.3 Å². The van der Waals surface area contributed by atoms with E-state index in [1.54, 1.807) is 13.0 Å². The van der Waals surface area contributed by atoms with Crippen LogP contribution in [0.15, 0.2) is 35.3 Å². The monoisotopic (exact) mass is 374 g/mol. The fourth-order valence-corrected chi connectivity index (χ4v) is 3.54. The fourth-order valence-electron chi connectivity index (χ4n) is 3.54. The molecule has 1 aromatic heterocycles. The minimum Gasteiger partial charge on any atom is -0.354 e. The van der Waals surface area contributed by atoms with Crippen molar-refractivity contribution in [2.45, 2.75) is 37.9 Å². The van der Waals surface area contributed by atoms with Crippen LogP contribution in [0.1, 0.15) is 36.3 Å². The molecule has 1 unspecified atom stereocenters. The Hall–Kier alpha value is -2.77. The topological polar surface area (TPSA) is 67.2 Å². The smallest absolute Gasteiger partial charge is 0.354 e. The second kappa shape index (κ2) is 6.14. The van der Waals surface area contributed by atoms with Gasteiger partial charge in [-0.2, -0.15) is 13.2 Å². The van der Waals surface area contributed by atoms with E-state index in [4.69, 9.17) is 0 Å². The second-order valence-electron chi connectivity index (χ2n) is 6.89. The van der Waals surface area contributed by atoms with Gasteiger partial charge in [-0.15, -0.1) is 0 Å². The summed E-state index contributed by atoms with van der Waals surface area (Å²) in [6, 6.07) is 6.60. The van der Waals surface area contributed by atoms with Crippen molar-refractivity contribution in [2.75, 3.05) is 6.54 Å². The minimum absolute atomic E-state index is 0.0619. The Labute approximate surface area is 153 Å². The van der Waals surface area contributed by atoms with Gasteiger partial charge in [0.15, 0.2) is 5.82 Å². The van der Waals surface area contributed by atoms with Crippen LogP contribution in [0.25, 0.3) is 11.3 Å². The summed E-state index contributed by atoms with van der Waals surface area (Å²) < 4.78 is 38.3. The predicted octanol–water partition coefficient (Wildman–Crippen LogP) is 3.31. The Balaban J connectivity index is 1.69. The summed E-state index contributed by atoms with van der Waals surface area (Å²) in [7, 11) is 0. The van der Waals surface area contributed by atoms with E-state index in [0.29, 0.717) is 54.3 Å². The first-order valence-corrected chi connectivity index (χ1v) is 8.68. The number of alkyl halides is 3. The molecular weight excluding hydrogens is 357 g/mol. The molecule has 27 heavy (non-hydrogen) atoms. The van der Waals surface area contributed by atoms with Crippen LogP contribution >= 0.6 is 0 Å². The number of carbonyl (C=O) groups excluding carboxylic acids is 1. The van der Waals surface area contributed by atoms with E-state index >= 15 is 0 Å². The maximum Gasteiger partial charge on any atom is 0.416 e. The average molecular weight is 374 g/mol. The number of rotatable bonds is 2. The summed E-state index contributed by atoms with van der Waals surface area (Å²) in [4.78, 5) is 25.6. The molecular formula is C19H17F3N4O. The lowest BCUT2D eigenvalue weighted by Gasteiger charge is -2.14. The standard InChI is InChI=1S/C19H17F3N4O/c1-11-10-15(12-2-4-13(5-3-12)19(20,21)22)25-16(24-11)14-6-7-18(26-14)8-9-23-17(18)27/h2-5,10H,6-9H2,1H3,(H,23,27). The molecule has 1 spiro atoms. The van der Waals surface area contributed by atoms with E-state index in [9.17, 15) is 18.0 Å². The maximum atomic E-state index is 12.8. The van der Waals surface area contributed by atoms with Crippen molar-refractivity contribution in [1.82, 2.24) is 15.3 Å². The number of hydrogen-bond donors (Lipinski definition) is 1. The highest BCUT2D eigenvalue weighted by molar-refractivity contribution is 6.04. The van der Waals surface area contributed by atoms with Gasteiger partial charge in [-0.1, -0.05) is 12.1 Å². The Morgan fingerprint density at radius 3 is 2.48 bits per heavy atom. The SMILES string of the molecule is Cc1cc(-c2ccc(C(F)(F)F)cc2)nc(C2=NC3(CCNC3=O)CC2)n1. The number of aryl methyl sites for hydroxylation is 1. The molecule has 0 radical (unpaired) electrons. The lowest BCUT2D eigenvalue weighted by Crippen LogP contribution is -2.33. The zero-order valence-corrected chi connectivity index (χ0v) is 14.6. The van der Waals surface area contributed by atoms with Gasteiger partial charge in [0, 0.05) is 17.8 Å². The summed E-state index contributed by atoms with van der Waals surface area (Å²) in [5.74, 6) is 0.370. The van der Waals surface area contributed by atoms with E-state index in [1.807, 2.05) is 0 Å². The molecule has 1 N–H and O–H groups in total. The van der Waals surface area contributed by atoms with E-state index in [-0.39, 0.29) is 5.91 Å². The molecule has 140 valence electrons. The molecule has 2 aromatic rings. The molecule has 3 heterocycles. The van der Waals surface area contributed by atoms with Crippen LogP contribution in [0.2, 0.25) is 0 Å². The number of aromatic nitrogens is 2. The van der Waals surface area contributed by atoms with Gasteiger partial charge in [0.1, 0.15) is 5.54 Å². The number of hydrogen-bond acceptors (Lipinski definition) is 4. The molecule has 1 fully saturated rings. The third kappa shape index (κ3) is 3.20. The van der Waals surface area contributed by atoms with Crippen LogP contribution in [-0.2, 0) is 11.0 Å². The van der Waals surface area contributed by atoms with Gasteiger partial charge in [-0.3, -0.25) is 9.79 Å². The first-order chi connectivity index (χ1) is 12.8. The normalized spacial score (nSPS) is 22.2. The molecule has 2 aliphatic heterocycles. The zero-order valence-electron chi connectivity index (χ0n) is 14.6. The van der Waals surface area contributed by atoms with Crippen LogP contribution in [0.3, 0.4) is 0 Å². The van der Waals surface area contributed by atoms with Crippen LogP contribution < -0.4 is 5.32 Å². The number of nitrogens with zero attached hydrogens (tertiary/aromatic N) is 3. The Morgan fingerprint density at radius 2 is 1.85 bits per heavy atom. The van der Waals surface area contributed by atoms with Gasteiger partial charge in [0.25, 0.3) is 0 Å². The molecule has 1 atom stereocenters. The van der Waals surface area contributed by atoms with Crippen LogP contribution in [-0.4, -0.2) is 33.7 Å². The van der Waals surface area contributed by atoms with Gasteiger partial charge < -0.3 is 5.32 Å². The number of benzene rings is 1. The third-order valence-electron chi connectivity index (χ3n) is 4.99. The quantitative estimate of drug-likeness (QED) is 0.877. The van der Waals surface area contributed by atoms with Crippen molar-refractivity contribution in [3.05, 3.63) is 47.4 Å². The zero-order chi connectivity index (χ0) is 19.2. The molecule has 1 aromatic carbocycles. The van der Waals surface area contributed by atoms with Gasteiger partial charge in [-0.25, -0.2) is 9.97 Å². The van der Waals surface area contributed by atoms with Crippen LogP contribution in [0.4, 0.5) is 13.2 Å². The van der Waals surface area contributed by atoms with Gasteiger partial charge in [0.2, 0.25) is 5.91 Å². The number of nitrogens with one attached hydrogen (secondary N) is 1. The van der Waals surface area contributed by atoms with Crippen molar-refractivity contribution >= 4 is 11.6 Å². The van der Waals surface area contributed by atoms with E-state index in [1.165, 1.54) is 12.1 Å². The Morgan fingerprint density at radius 1 is 1.11 bits per heavy atom. The first kappa shape index (κ1) is 17.6. The first-order valence-electron chi connectivity index (χ1n) is 8.68. The Bertz CT molecular complexity index is 937. The van der Waals surface area contributed by atoms with Gasteiger partial charge in [0.05, 0.1) is 17.0 Å². The van der Waals surface area contributed by atoms with Crippen molar-refractivity contribution in [1.29, 1.82) is 0 Å². The lowest BCUT2D eigenvalue weighted by atomic mass is 9.95. The van der Waals surface area contributed by atoms with E-state index in [0.717, 1.165) is 12.1 Å². The van der Waals surface area contributed by atoms with E-state index < -0.39 is 17.3 Å². The lowest BCUT2D eigenvalue weighted by molar-refractivity contribution is -0.137. The summed E-state index contributed by atoms with van der Waals surface area (Å²) in [6.45, 7) is 2.41. The van der Waals surface area contributed by atoms with Gasteiger partial charge in [-0.05, 0) is 44.4 Å². The maximum absolute atomic E-state index is 12.8. The number of aliphatic imine (C=N–C) groups is 1. The molecule has 2 aliphatic rings. The highest BCUT2D eigenvalue weighted by Gasteiger charge is 2.45. The van der Waals surface area contributed by atoms with Crippen molar-refractivity contribution in [2.24, 2.45) is 4.99 Å². The van der Waals surface area contributed by atoms with Gasteiger partial charge >= 0.3 is 6.18 Å². The molecule has 1 amide bonds. The summed E-state index contributed by atoms with van der Waals surface area (Å²) in [6.07, 6.45) is -2.49. The Kier molecular flexibility index (Phi) is 4.01.